The third kappa shape index (κ3) is 2.38. The highest BCUT2D eigenvalue weighted by molar-refractivity contribution is 6.03. The molecular weight excluding hydrogens is 336 g/mol. The van der Waals surface area contributed by atoms with E-state index in [-0.39, 0.29) is 0 Å². The van der Waals surface area contributed by atoms with Crippen molar-refractivity contribution in [3.8, 4) is 22.3 Å². The fourth-order valence-electron chi connectivity index (χ4n) is 4.80. The van der Waals surface area contributed by atoms with Crippen LogP contribution in [0.1, 0.15) is 22.3 Å². The molecule has 2 aliphatic carbocycles. The van der Waals surface area contributed by atoms with Gasteiger partial charge in [0.1, 0.15) is 0 Å². The summed E-state index contributed by atoms with van der Waals surface area (Å²) in [4.78, 5) is 0. The first kappa shape index (κ1) is 15.7. The molecule has 0 atom stereocenters. The Balaban J connectivity index is 1.35. The molecule has 0 radical (unpaired) electrons. The molecule has 4 aromatic rings. The van der Waals surface area contributed by atoms with Crippen molar-refractivity contribution in [1.29, 1.82) is 0 Å². The Hall–Kier alpha value is -3.38. The summed E-state index contributed by atoms with van der Waals surface area (Å²) in [7, 11) is 0. The van der Waals surface area contributed by atoms with E-state index < -0.39 is 0 Å². The number of rotatable bonds is 2. The zero-order valence-electron chi connectivity index (χ0n) is 15.7. The van der Waals surface area contributed by atoms with Crippen LogP contribution in [0.2, 0.25) is 0 Å². The molecule has 0 amide bonds. The Labute approximate surface area is 165 Å². The topological polar surface area (TPSA) is 0 Å². The fourth-order valence-corrected chi connectivity index (χ4v) is 4.80. The van der Waals surface area contributed by atoms with Crippen LogP contribution >= 0.6 is 0 Å². The van der Waals surface area contributed by atoms with E-state index in [4.69, 9.17) is 0 Å². The largest absolute Gasteiger partial charge is 0.0622 e. The standard InChI is InChI=1S/C28H20/c1-3-7-19(8-4-1)21-11-13-25-23(15-21)17-27-26-14-12-22(16-24(26)18-28(25)27)20-9-5-2-6-10-20/h1-16H,17-18H2. The molecule has 0 nitrogen and oxygen atoms in total. The number of benzene rings is 4. The first-order valence-electron chi connectivity index (χ1n) is 9.96. The number of allylic oxidation sites excluding steroid dienone is 2. The maximum absolute atomic E-state index is 2.39. The van der Waals surface area contributed by atoms with Gasteiger partial charge in [0, 0.05) is 0 Å². The lowest BCUT2D eigenvalue weighted by Gasteiger charge is -2.11. The highest BCUT2D eigenvalue weighted by Gasteiger charge is 2.29. The number of hydrogen-bond acceptors (Lipinski definition) is 0. The summed E-state index contributed by atoms with van der Waals surface area (Å²) in [5.41, 5.74) is 14.2. The van der Waals surface area contributed by atoms with Gasteiger partial charge >= 0.3 is 0 Å². The molecule has 0 unspecified atom stereocenters. The molecule has 2 aliphatic rings. The minimum absolute atomic E-state index is 1.06. The van der Waals surface area contributed by atoms with Crippen molar-refractivity contribution in [2.45, 2.75) is 12.8 Å². The minimum Gasteiger partial charge on any atom is -0.0622 e. The van der Waals surface area contributed by atoms with Gasteiger partial charge in [0.25, 0.3) is 0 Å². The summed E-state index contributed by atoms with van der Waals surface area (Å²) in [6, 6.07) is 35.4. The lowest BCUT2D eigenvalue weighted by molar-refractivity contribution is 1.26. The van der Waals surface area contributed by atoms with Crippen LogP contribution < -0.4 is 0 Å². The van der Waals surface area contributed by atoms with Crippen molar-refractivity contribution in [2.75, 3.05) is 0 Å². The predicted molar refractivity (Wildman–Crippen MR) is 118 cm³/mol. The Bertz CT molecular complexity index is 1130. The molecule has 132 valence electrons. The van der Waals surface area contributed by atoms with Crippen LogP contribution in [-0.2, 0) is 12.8 Å². The smallest absolute Gasteiger partial charge is 0.00104 e. The maximum atomic E-state index is 2.39. The van der Waals surface area contributed by atoms with E-state index in [1.807, 2.05) is 0 Å². The second-order valence-electron chi connectivity index (χ2n) is 7.79. The minimum atomic E-state index is 1.06. The molecule has 0 spiro atoms. The monoisotopic (exact) mass is 356 g/mol. The van der Waals surface area contributed by atoms with E-state index in [0.29, 0.717) is 0 Å². The zero-order chi connectivity index (χ0) is 18.5. The van der Waals surface area contributed by atoms with Gasteiger partial charge in [-0.3, -0.25) is 0 Å². The summed E-state index contributed by atoms with van der Waals surface area (Å²) < 4.78 is 0. The van der Waals surface area contributed by atoms with Gasteiger partial charge < -0.3 is 0 Å². The van der Waals surface area contributed by atoms with Gasteiger partial charge in [0.05, 0.1) is 0 Å². The number of fused-ring (bicyclic) bond motifs is 4. The van der Waals surface area contributed by atoms with Gasteiger partial charge in [0.2, 0.25) is 0 Å². The molecule has 28 heavy (non-hydrogen) atoms. The third-order valence-electron chi connectivity index (χ3n) is 6.17. The molecule has 0 fully saturated rings. The first-order valence-corrected chi connectivity index (χ1v) is 9.96. The Morgan fingerprint density at radius 1 is 0.393 bits per heavy atom. The second kappa shape index (κ2) is 6.07. The van der Waals surface area contributed by atoms with Gasteiger partial charge in [-0.05, 0) is 68.5 Å². The van der Waals surface area contributed by atoms with Crippen LogP contribution in [0.4, 0.5) is 0 Å². The molecule has 0 saturated carbocycles. The number of hydrogen-bond donors (Lipinski definition) is 0. The van der Waals surface area contributed by atoms with E-state index in [0.717, 1.165) is 12.8 Å². The SMILES string of the molecule is c1ccc(-c2ccc3c(c2)CC2=C3Cc3cc(-c4ccccc4)ccc32)cc1. The van der Waals surface area contributed by atoms with Crippen molar-refractivity contribution in [2.24, 2.45) is 0 Å². The Morgan fingerprint density at radius 3 is 1.25 bits per heavy atom. The van der Waals surface area contributed by atoms with Gasteiger partial charge in [0.15, 0.2) is 0 Å². The van der Waals surface area contributed by atoms with Crippen molar-refractivity contribution in [3.63, 3.8) is 0 Å². The molecule has 0 bridgehead atoms. The van der Waals surface area contributed by atoms with Crippen LogP contribution in [0.15, 0.2) is 97.1 Å². The predicted octanol–water partition coefficient (Wildman–Crippen LogP) is 7.04. The molecule has 0 heteroatoms. The van der Waals surface area contributed by atoms with Crippen molar-refractivity contribution < 1.29 is 0 Å². The summed E-state index contributed by atoms with van der Waals surface area (Å²) in [5, 5.41) is 0. The molecule has 0 aromatic heterocycles. The van der Waals surface area contributed by atoms with Gasteiger partial charge in [-0.1, -0.05) is 97.1 Å². The molecule has 4 aromatic carbocycles. The van der Waals surface area contributed by atoms with E-state index >= 15 is 0 Å². The van der Waals surface area contributed by atoms with Gasteiger partial charge in [-0.2, -0.15) is 0 Å². The van der Waals surface area contributed by atoms with Crippen molar-refractivity contribution in [3.05, 3.63) is 119 Å². The van der Waals surface area contributed by atoms with Crippen LogP contribution in [-0.4, -0.2) is 0 Å². The Morgan fingerprint density at radius 2 is 0.821 bits per heavy atom. The van der Waals surface area contributed by atoms with E-state index in [2.05, 4.69) is 97.1 Å². The second-order valence-corrected chi connectivity index (χ2v) is 7.79. The van der Waals surface area contributed by atoms with Gasteiger partial charge in [-0.15, -0.1) is 0 Å². The zero-order valence-corrected chi connectivity index (χ0v) is 15.7. The summed E-state index contributed by atoms with van der Waals surface area (Å²) >= 11 is 0. The summed E-state index contributed by atoms with van der Waals surface area (Å²) in [6.07, 6.45) is 2.12. The fraction of sp³-hybridized carbons (Fsp3) is 0.0714. The maximum Gasteiger partial charge on any atom is -0.00104 e. The van der Waals surface area contributed by atoms with Gasteiger partial charge in [-0.25, -0.2) is 0 Å². The molecule has 0 aliphatic heterocycles. The van der Waals surface area contributed by atoms with Crippen LogP contribution in [0.5, 0.6) is 0 Å². The van der Waals surface area contributed by atoms with Crippen molar-refractivity contribution in [1.82, 2.24) is 0 Å². The summed E-state index contributed by atoms with van der Waals surface area (Å²) in [6.45, 7) is 0. The highest BCUT2D eigenvalue weighted by Crippen LogP contribution is 2.47. The van der Waals surface area contributed by atoms with E-state index in [1.54, 1.807) is 0 Å². The van der Waals surface area contributed by atoms with Crippen LogP contribution in [0.3, 0.4) is 0 Å². The lowest BCUT2D eigenvalue weighted by Crippen LogP contribution is -1.93. The third-order valence-corrected chi connectivity index (χ3v) is 6.17. The highest BCUT2D eigenvalue weighted by atomic mass is 14.3. The normalized spacial score (nSPS) is 14.0. The van der Waals surface area contributed by atoms with Crippen LogP contribution in [0, 0.1) is 0 Å². The molecule has 0 saturated heterocycles. The van der Waals surface area contributed by atoms with E-state index in [1.165, 1.54) is 55.7 Å². The quantitative estimate of drug-likeness (QED) is 0.361. The molecule has 0 N–H and O–H groups in total. The van der Waals surface area contributed by atoms with Crippen molar-refractivity contribution >= 4 is 11.1 Å². The first-order chi connectivity index (χ1) is 13.9. The molecule has 6 rings (SSSR count). The molecule has 0 heterocycles. The lowest BCUT2D eigenvalue weighted by atomic mass is 9.93. The molecular formula is C28H20. The Kier molecular flexibility index (Phi) is 3.39. The van der Waals surface area contributed by atoms with E-state index in [9.17, 15) is 0 Å². The summed E-state index contributed by atoms with van der Waals surface area (Å²) in [5.74, 6) is 0. The average molecular weight is 356 g/mol. The average Bonchev–Trinajstić information content (AvgIpc) is 3.30. The van der Waals surface area contributed by atoms with Crippen LogP contribution in [0.25, 0.3) is 33.4 Å².